The molecule has 0 fully saturated rings. The first-order chi connectivity index (χ1) is 5.35. The fourth-order valence-electron chi connectivity index (χ4n) is 0.721. The van der Waals surface area contributed by atoms with Crippen molar-refractivity contribution in [2.75, 3.05) is 19.8 Å². The largest absolute Gasteiger partial charge is 0.444 e. The van der Waals surface area contributed by atoms with Crippen molar-refractivity contribution in [1.29, 1.82) is 0 Å². The smallest absolute Gasteiger partial charge is 0.167 e. The van der Waals surface area contributed by atoms with Crippen molar-refractivity contribution in [2.45, 2.75) is 12.5 Å². The first-order valence-electron chi connectivity index (χ1n) is 3.67. The van der Waals surface area contributed by atoms with E-state index < -0.39 is 0 Å². The van der Waals surface area contributed by atoms with E-state index in [0.717, 1.165) is 6.42 Å². The van der Waals surface area contributed by atoms with Crippen LogP contribution in [0.2, 0.25) is 0 Å². The van der Waals surface area contributed by atoms with Crippen molar-refractivity contribution in [3.05, 3.63) is 18.4 Å². The van der Waals surface area contributed by atoms with Crippen LogP contribution in [0.1, 0.15) is 6.42 Å². The van der Waals surface area contributed by atoms with Gasteiger partial charge in [0.1, 0.15) is 6.61 Å². The van der Waals surface area contributed by atoms with Gasteiger partial charge >= 0.3 is 0 Å². The molecule has 4 N–H and O–H groups in total. The van der Waals surface area contributed by atoms with Gasteiger partial charge in [-0.15, -0.1) is 5.73 Å². The normalized spacial score (nSPS) is 12.2. The summed E-state index contributed by atoms with van der Waals surface area (Å²) in [7, 11) is 0. The third-order valence-electron chi connectivity index (χ3n) is 1.19. The lowest BCUT2D eigenvalue weighted by atomic mass is 10.2. The zero-order chi connectivity index (χ0) is 8.53. The van der Waals surface area contributed by atoms with E-state index in [1.807, 2.05) is 0 Å². The Morgan fingerprint density at radius 3 is 2.91 bits per heavy atom. The van der Waals surface area contributed by atoms with E-state index in [0.29, 0.717) is 13.2 Å². The molecule has 0 spiro atoms. The summed E-state index contributed by atoms with van der Waals surface area (Å²) in [6.45, 7) is 4.76. The summed E-state index contributed by atoms with van der Waals surface area (Å²) in [6.07, 6.45) is 2.49. The van der Waals surface area contributed by atoms with Gasteiger partial charge < -0.3 is 15.6 Å². The SMILES string of the molecule is C=C=CC(CCN)OCC[OH2+]. The van der Waals surface area contributed by atoms with Crippen LogP contribution in [0, 0.1) is 0 Å². The maximum absolute atomic E-state index is 6.85. The number of nitrogens with two attached hydrogens (primary N) is 1. The average molecular weight is 158 g/mol. The molecular weight excluding hydrogens is 142 g/mol. The van der Waals surface area contributed by atoms with Crippen molar-refractivity contribution in [2.24, 2.45) is 5.73 Å². The summed E-state index contributed by atoms with van der Waals surface area (Å²) in [5.74, 6) is 0. The van der Waals surface area contributed by atoms with Gasteiger partial charge in [-0.2, -0.15) is 0 Å². The van der Waals surface area contributed by atoms with E-state index in [1.165, 1.54) is 0 Å². The number of hydrogen-bond acceptors (Lipinski definition) is 2. The first kappa shape index (κ1) is 10.4. The van der Waals surface area contributed by atoms with Crippen LogP contribution in [-0.4, -0.2) is 31.0 Å². The molecule has 64 valence electrons. The molecule has 0 radical (unpaired) electrons. The molecule has 0 aliphatic carbocycles. The molecule has 0 rings (SSSR count). The molecule has 0 saturated heterocycles. The van der Waals surface area contributed by atoms with E-state index >= 15 is 0 Å². The summed E-state index contributed by atoms with van der Waals surface area (Å²) in [6, 6.07) is 0. The molecular formula is C8H16NO2+. The molecule has 0 amide bonds. The minimum Gasteiger partial charge on any atom is -0.444 e. The predicted molar refractivity (Wildman–Crippen MR) is 45.6 cm³/mol. The van der Waals surface area contributed by atoms with Crippen molar-refractivity contribution in [3.8, 4) is 0 Å². The van der Waals surface area contributed by atoms with Gasteiger partial charge in [-0.25, -0.2) is 0 Å². The van der Waals surface area contributed by atoms with Gasteiger partial charge in [-0.05, 0) is 19.0 Å². The molecule has 1 atom stereocenters. The highest BCUT2D eigenvalue weighted by Gasteiger charge is 2.02. The third-order valence-corrected chi connectivity index (χ3v) is 1.19. The van der Waals surface area contributed by atoms with Crippen LogP contribution in [0.5, 0.6) is 0 Å². The molecule has 0 aliphatic rings. The summed E-state index contributed by atoms with van der Waals surface area (Å²) in [5.41, 5.74) is 7.98. The lowest BCUT2D eigenvalue weighted by Crippen LogP contribution is -2.17. The third kappa shape index (κ3) is 5.83. The highest BCUT2D eigenvalue weighted by Crippen LogP contribution is 1.97. The quantitative estimate of drug-likeness (QED) is 0.429. The summed E-state index contributed by atoms with van der Waals surface area (Å²) >= 11 is 0. The van der Waals surface area contributed by atoms with Crippen LogP contribution in [-0.2, 0) is 4.74 Å². The number of hydrogen-bond donors (Lipinski definition) is 1. The fourth-order valence-corrected chi connectivity index (χ4v) is 0.721. The molecule has 3 heteroatoms. The van der Waals surface area contributed by atoms with E-state index in [4.69, 9.17) is 15.6 Å². The Hall–Kier alpha value is -0.600. The standard InChI is InChI=1S/C8H15NO2/c1-2-3-8(4-5-9)11-7-6-10/h3,8,10H,1,4-7,9H2/p+1. The summed E-state index contributed by atoms with van der Waals surface area (Å²) in [4.78, 5) is 0. The fraction of sp³-hybridized carbons (Fsp3) is 0.625. The second-order valence-electron chi connectivity index (χ2n) is 2.11. The van der Waals surface area contributed by atoms with E-state index in [1.54, 1.807) is 6.08 Å². The van der Waals surface area contributed by atoms with Crippen LogP contribution in [0.3, 0.4) is 0 Å². The van der Waals surface area contributed by atoms with Gasteiger partial charge in [0, 0.05) is 0 Å². The Kier molecular flexibility index (Phi) is 7.10. The monoisotopic (exact) mass is 158 g/mol. The predicted octanol–water partition coefficient (Wildman–Crippen LogP) is -0.214. The molecule has 0 heterocycles. The maximum atomic E-state index is 6.85. The van der Waals surface area contributed by atoms with E-state index in [2.05, 4.69) is 12.3 Å². The second-order valence-corrected chi connectivity index (χ2v) is 2.11. The zero-order valence-corrected chi connectivity index (χ0v) is 6.68. The molecule has 1 unspecified atom stereocenters. The van der Waals surface area contributed by atoms with Crippen LogP contribution in [0.25, 0.3) is 0 Å². The zero-order valence-electron chi connectivity index (χ0n) is 6.68. The van der Waals surface area contributed by atoms with Gasteiger partial charge in [0.25, 0.3) is 0 Å². The molecule has 0 aromatic heterocycles. The highest BCUT2D eigenvalue weighted by molar-refractivity contribution is 4.85. The van der Waals surface area contributed by atoms with Gasteiger partial charge in [0.2, 0.25) is 0 Å². The average Bonchev–Trinajstić information content (AvgIpc) is 2.01. The Labute approximate surface area is 67.2 Å². The minimum absolute atomic E-state index is 0.0113. The van der Waals surface area contributed by atoms with Gasteiger partial charge in [0.15, 0.2) is 6.61 Å². The molecule has 3 nitrogen and oxygen atoms in total. The Bertz CT molecular complexity index is 130. The Morgan fingerprint density at radius 2 is 2.45 bits per heavy atom. The molecule has 0 aliphatic heterocycles. The molecule has 0 saturated carbocycles. The van der Waals surface area contributed by atoms with Crippen LogP contribution < -0.4 is 5.73 Å². The Morgan fingerprint density at radius 1 is 1.73 bits per heavy atom. The van der Waals surface area contributed by atoms with E-state index in [9.17, 15) is 0 Å². The highest BCUT2D eigenvalue weighted by atomic mass is 16.5. The van der Waals surface area contributed by atoms with E-state index in [-0.39, 0.29) is 12.7 Å². The number of rotatable bonds is 6. The topological polar surface area (TPSA) is 58.1 Å². The number of ether oxygens (including phenoxy) is 1. The van der Waals surface area contributed by atoms with Crippen molar-refractivity contribution in [3.63, 3.8) is 0 Å². The van der Waals surface area contributed by atoms with Crippen LogP contribution >= 0.6 is 0 Å². The van der Waals surface area contributed by atoms with Crippen molar-refractivity contribution >= 4 is 0 Å². The van der Waals surface area contributed by atoms with Crippen LogP contribution in [0.4, 0.5) is 0 Å². The van der Waals surface area contributed by atoms with Crippen molar-refractivity contribution in [1.82, 2.24) is 0 Å². The lowest BCUT2D eigenvalue weighted by molar-refractivity contribution is 0.0517. The van der Waals surface area contributed by atoms with Crippen molar-refractivity contribution < 1.29 is 9.84 Å². The summed E-state index contributed by atoms with van der Waals surface area (Å²) < 4.78 is 5.25. The van der Waals surface area contributed by atoms with Gasteiger partial charge in [-0.1, -0.05) is 6.58 Å². The Balaban J connectivity index is 3.59. The van der Waals surface area contributed by atoms with Gasteiger partial charge in [-0.3, -0.25) is 0 Å². The lowest BCUT2D eigenvalue weighted by Gasteiger charge is -2.09. The maximum Gasteiger partial charge on any atom is 0.167 e. The summed E-state index contributed by atoms with van der Waals surface area (Å²) in [5, 5.41) is 6.85. The first-order valence-corrected chi connectivity index (χ1v) is 3.67. The molecule has 0 aromatic rings. The van der Waals surface area contributed by atoms with Crippen LogP contribution in [0.15, 0.2) is 18.4 Å². The van der Waals surface area contributed by atoms with Gasteiger partial charge in [0.05, 0.1) is 6.10 Å². The molecule has 11 heavy (non-hydrogen) atoms. The molecule has 0 aromatic carbocycles. The second kappa shape index (κ2) is 7.51. The molecule has 0 bridgehead atoms. The minimum atomic E-state index is -0.0113.